The van der Waals surface area contributed by atoms with E-state index in [1.54, 1.807) is 0 Å². The highest BCUT2D eigenvalue weighted by atomic mass is 16.6. The van der Waals surface area contributed by atoms with Crippen LogP contribution in [0, 0.1) is 10.1 Å². The van der Waals surface area contributed by atoms with E-state index in [2.05, 4.69) is 5.10 Å². The summed E-state index contributed by atoms with van der Waals surface area (Å²) in [5.74, 6) is 0. The van der Waals surface area contributed by atoms with E-state index in [-0.39, 0.29) is 5.69 Å². The summed E-state index contributed by atoms with van der Waals surface area (Å²) in [5, 5.41) is 14.1. The molecule has 0 spiro atoms. The Bertz CT molecular complexity index is 284. The van der Waals surface area contributed by atoms with Gasteiger partial charge < -0.3 is 4.74 Å². The number of rotatable bonds is 5. The first kappa shape index (κ1) is 9.66. The highest BCUT2D eigenvalue weighted by Gasteiger charge is 2.07. The maximum Gasteiger partial charge on any atom is 0.306 e. The summed E-state index contributed by atoms with van der Waals surface area (Å²) in [6, 6.07) is 0. The number of hydrogen-bond donors (Lipinski definition) is 0. The molecule has 0 radical (unpaired) electrons. The Morgan fingerprint density at radius 2 is 2.54 bits per heavy atom. The van der Waals surface area contributed by atoms with Crippen molar-refractivity contribution in [1.29, 1.82) is 0 Å². The molecule has 6 nitrogen and oxygen atoms in total. The predicted octanol–water partition coefficient (Wildman–Crippen LogP) is 0.828. The molecule has 1 rings (SSSR count). The summed E-state index contributed by atoms with van der Waals surface area (Å²) in [5.41, 5.74) is 0.0106. The molecule has 0 bridgehead atoms. The molecule has 0 atom stereocenters. The average Bonchev–Trinajstić information content (AvgIpc) is 2.53. The van der Waals surface area contributed by atoms with E-state index in [0.717, 1.165) is 0 Å². The quantitative estimate of drug-likeness (QED) is 0.387. The van der Waals surface area contributed by atoms with Crippen molar-refractivity contribution in [2.75, 3.05) is 13.2 Å². The number of hydrogen-bond acceptors (Lipinski definition) is 4. The van der Waals surface area contributed by atoms with Crippen molar-refractivity contribution < 1.29 is 9.66 Å². The molecule has 0 aliphatic rings. The van der Waals surface area contributed by atoms with Crippen LogP contribution in [-0.4, -0.2) is 27.9 Å². The summed E-state index contributed by atoms with van der Waals surface area (Å²) >= 11 is 0. The molecule has 1 heterocycles. The normalized spacial score (nSPS) is 10.2. The third-order valence-electron chi connectivity index (χ3n) is 1.50. The number of nitrogens with zero attached hydrogens (tertiary/aromatic N) is 3. The minimum atomic E-state index is -0.468. The Hall–Kier alpha value is -1.43. The molecule has 0 aliphatic heterocycles. The lowest BCUT2D eigenvalue weighted by Gasteiger charge is -1.99. The van der Waals surface area contributed by atoms with E-state index < -0.39 is 4.92 Å². The van der Waals surface area contributed by atoms with Gasteiger partial charge in [-0.05, 0) is 6.92 Å². The van der Waals surface area contributed by atoms with Crippen molar-refractivity contribution in [3.63, 3.8) is 0 Å². The van der Waals surface area contributed by atoms with E-state index in [1.807, 2.05) is 6.92 Å². The van der Waals surface area contributed by atoms with Crippen LogP contribution < -0.4 is 0 Å². The molecule has 0 N–H and O–H groups in total. The summed E-state index contributed by atoms with van der Waals surface area (Å²) in [7, 11) is 0. The fourth-order valence-corrected chi connectivity index (χ4v) is 0.872. The Morgan fingerprint density at radius 3 is 3.08 bits per heavy atom. The molecule has 13 heavy (non-hydrogen) atoms. The van der Waals surface area contributed by atoms with Crippen LogP contribution in [-0.2, 0) is 11.3 Å². The summed E-state index contributed by atoms with van der Waals surface area (Å²) in [4.78, 5) is 9.80. The molecule has 1 aromatic heterocycles. The molecule has 72 valence electrons. The summed E-state index contributed by atoms with van der Waals surface area (Å²) in [6.45, 7) is 3.60. The van der Waals surface area contributed by atoms with Crippen molar-refractivity contribution >= 4 is 5.69 Å². The van der Waals surface area contributed by atoms with Crippen LogP contribution in [0.4, 0.5) is 5.69 Å². The van der Waals surface area contributed by atoms with Crippen LogP contribution in [0.1, 0.15) is 6.92 Å². The van der Waals surface area contributed by atoms with E-state index in [0.29, 0.717) is 19.8 Å². The number of aromatic nitrogens is 2. The van der Waals surface area contributed by atoms with Gasteiger partial charge in [-0.15, -0.1) is 0 Å². The van der Waals surface area contributed by atoms with Crippen molar-refractivity contribution in [1.82, 2.24) is 9.78 Å². The molecule has 0 aromatic carbocycles. The van der Waals surface area contributed by atoms with Gasteiger partial charge in [-0.2, -0.15) is 5.10 Å². The summed E-state index contributed by atoms with van der Waals surface area (Å²) in [6.07, 6.45) is 2.62. The van der Waals surface area contributed by atoms with Gasteiger partial charge in [-0.25, -0.2) is 0 Å². The lowest BCUT2D eigenvalue weighted by molar-refractivity contribution is -0.385. The van der Waals surface area contributed by atoms with Gasteiger partial charge in [-0.3, -0.25) is 14.8 Å². The van der Waals surface area contributed by atoms with Crippen LogP contribution in [0.5, 0.6) is 0 Å². The van der Waals surface area contributed by atoms with Gasteiger partial charge in [-0.1, -0.05) is 0 Å². The second-order valence-electron chi connectivity index (χ2n) is 2.42. The lowest BCUT2D eigenvalue weighted by atomic mass is 10.6. The maximum atomic E-state index is 10.3. The monoisotopic (exact) mass is 185 g/mol. The van der Waals surface area contributed by atoms with Crippen LogP contribution in [0.15, 0.2) is 12.4 Å². The van der Waals surface area contributed by atoms with Crippen molar-refractivity contribution in [3.05, 3.63) is 22.5 Å². The van der Waals surface area contributed by atoms with Gasteiger partial charge in [0, 0.05) is 6.61 Å². The first-order chi connectivity index (χ1) is 6.24. The van der Waals surface area contributed by atoms with E-state index >= 15 is 0 Å². The molecule has 0 aliphatic carbocycles. The average molecular weight is 185 g/mol. The number of nitro groups is 1. The number of ether oxygens (including phenoxy) is 1. The molecular formula is C7H11N3O3. The van der Waals surface area contributed by atoms with E-state index in [9.17, 15) is 10.1 Å². The highest BCUT2D eigenvalue weighted by molar-refractivity contribution is 5.20. The third-order valence-corrected chi connectivity index (χ3v) is 1.50. The molecule has 6 heteroatoms. The van der Waals surface area contributed by atoms with Crippen LogP contribution in [0.25, 0.3) is 0 Å². The zero-order valence-corrected chi connectivity index (χ0v) is 7.34. The van der Waals surface area contributed by atoms with Gasteiger partial charge in [0.15, 0.2) is 0 Å². The van der Waals surface area contributed by atoms with Crippen molar-refractivity contribution in [3.8, 4) is 0 Å². The Labute approximate surface area is 75.3 Å². The van der Waals surface area contributed by atoms with E-state index in [4.69, 9.17) is 4.74 Å². The Morgan fingerprint density at radius 1 is 1.77 bits per heavy atom. The second-order valence-corrected chi connectivity index (χ2v) is 2.42. The third kappa shape index (κ3) is 2.83. The fraction of sp³-hybridized carbons (Fsp3) is 0.571. The zero-order chi connectivity index (χ0) is 9.68. The molecule has 0 amide bonds. The largest absolute Gasteiger partial charge is 0.380 e. The van der Waals surface area contributed by atoms with Gasteiger partial charge in [0.2, 0.25) is 0 Å². The SMILES string of the molecule is CCOCCn1cc([N+](=O)[O-])cn1. The minimum absolute atomic E-state index is 0.0106. The minimum Gasteiger partial charge on any atom is -0.380 e. The maximum absolute atomic E-state index is 10.3. The van der Waals surface area contributed by atoms with Crippen molar-refractivity contribution in [2.45, 2.75) is 13.5 Å². The van der Waals surface area contributed by atoms with E-state index in [1.165, 1.54) is 17.1 Å². The first-order valence-electron chi connectivity index (χ1n) is 3.98. The predicted molar refractivity (Wildman–Crippen MR) is 45.4 cm³/mol. The Kier molecular flexibility index (Phi) is 3.39. The van der Waals surface area contributed by atoms with Gasteiger partial charge in [0.25, 0.3) is 0 Å². The van der Waals surface area contributed by atoms with Gasteiger partial charge >= 0.3 is 5.69 Å². The molecular weight excluding hydrogens is 174 g/mol. The van der Waals surface area contributed by atoms with Gasteiger partial charge in [0.1, 0.15) is 12.4 Å². The molecule has 1 aromatic rings. The van der Waals surface area contributed by atoms with Crippen molar-refractivity contribution in [2.24, 2.45) is 0 Å². The smallest absolute Gasteiger partial charge is 0.306 e. The van der Waals surface area contributed by atoms with Gasteiger partial charge in [0.05, 0.1) is 18.1 Å². The standard InChI is InChI=1S/C7H11N3O3/c1-2-13-4-3-9-6-7(5-8-9)10(11)12/h5-6H,2-4H2,1H3. The first-order valence-corrected chi connectivity index (χ1v) is 3.98. The zero-order valence-electron chi connectivity index (χ0n) is 7.34. The fourth-order valence-electron chi connectivity index (χ4n) is 0.872. The van der Waals surface area contributed by atoms with Crippen LogP contribution in [0.2, 0.25) is 0 Å². The lowest BCUT2D eigenvalue weighted by Crippen LogP contribution is -2.05. The van der Waals surface area contributed by atoms with Crippen LogP contribution in [0.3, 0.4) is 0 Å². The molecule has 0 fully saturated rings. The Balaban J connectivity index is 2.44. The molecule has 0 saturated carbocycles. The molecule has 0 saturated heterocycles. The molecule has 0 unspecified atom stereocenters. The summed E-state index contributed by atoms with van der Waals surface area (Å²) < 4.78 is 6.57. The highest BCUT2D eigenvalue weighted by Crippen LogP contribution is 2.07. The second kappa shape index (κ2) is 4.56. The topological polar surface area (TPSA) is 70.2 Å². The van der Waals surface area contributed by atoms with Crippen LogP contribution >= 0.6 is 0 Å².